The summed E-state index contributed by atoms with van der Waals surface area (Å²) in [5.74, 6) is 1.12. The van der Waals surface area contributed by atoms with E-state index in [4.69, 9.17) is 4.74 Å². The van der Waals surface area contributed by atoms with Gasteiger partial charge >= 0.3 is 0 Å². The maximum absolute atomic E-state index is 12.2. The fourth-order valence-electron chi connectivity index (χ4n) is 2.06. The summed E-state index contributed by atoms with van der Waals surface area (Å²) in [6, 6.07) is 7.55. The second kappa shape index (κ2) is 8.83. The van der Waals surface area contributed by atoms with Gasteiger partial charge in [0.1, 0.15) is 17.3 Å². The SMILES string of the molecule is COc1ccccc1CNC(=O)c1cnc(NCCN(C)C)cn1. The molecule has 0 spiro atoms. The van der Waals surface area contributed by atoms with Crippen molar-refractivity contribution < 1.29 is 9.53 Å². The average Bonchev–Trinajstić information content (AvgIpc) is 2.60. The molecule has 7 heteroatoms. The number of anilines is 1. The Morgan fingerprint density at radius 2 is 2.00 bits per heavy atom. The first-order valence-electron chi connectivity index (χ1n) is 7.71. The number of para-hydroxylation sites is 1. The van der Waals surface area contributed by atoms with E-state index in [2.05, 4.69) is 25.5 Å². The van der Waals surface area contributed by atoms with Gasteiger partial charge in [-0.3, -0.25) is 4.79 Å². The summed E-state index contributed by atoms with van der Waals surface area (Å²) in [4.78, 5) is 22.6. The highest BCUT2D eigenvalue weighted by Gasteiger charge is 2.09. The molecule has 24 heavy (non-hydrogen) atoms. The summed E-state index contributed by atoms with van der Waals surface area (Å²) < 4.78 is 5.26. The van der Waals surface area contributed by atoms with Gasteiger partial charge in [-0.25, -0.2) is 9.97 Å². The van der Waals surface area contributed by atoms with Crippen LogP contribution in [0.2, 0.25) is 0 Å². The second-order valence-electron chi connectivity index (χ2n) is 5.51. The summed E-state index contributed by atoms with van der Waals surface area (Å²) in [5.41, 5.74) is 1.19. The van der Waals surface area contributed by atoms with Crippen LogP contribution in [0.3, 0.4) is 0 Å². The molecule has 0 aliphatic heterocycles. The van der Waals surface area contributed by atoms with Crippen molar-refractivity contribution in [3.8, 4) is 5.75 Å². The van der Waals surface area contributed by atoms with Gasteiger partial charge in [0.15, 0.2) is 0 Å². The van der Waals surface area contributed by atoms with E-state index in [1.807, 2.05) is 38.4 Å². The lowest BCUT2D eigenvalue weighted by molar-refractivity contribution is 0.0945. The highest BCUT2D eigenvalue weighted by molar-refractivity contribution is 5.92. The quantitative estimate of drug-likeness (QED) is 0.762. The number of methoxy groups -OCH3 is 1. The Hall–Kier alpha value is -2.67. The summed E-state index contributed by atoms with van der Waals surface area (Å²) in [6.07, 6.45) is 3.03. The Kier molecular flexibility index (Phi) is 6.51. The van der Waals surface area contributed by atoms with Gasteiger partial charge in [0.05, 0.1) is 19.5 Å². The highest BCUT2D eigenvalue weighted by atomic mass is 16.5. The molecule has 2 N–H and O–H groups in total. The molecule has 1 aromatic carbocycles. The minimum Gasteiger partial charge on any atom is -0.496 e. The third-order valence-electron chi connectivity index (χ3n) is 3.38. The maximum Gasteiger partial charge on any atom is 0.271 e. The fraction of sp³-hybridized carbons (Fsp3) is 0.353. The van der Waals surface area contributed by atoms with Crippen LogP contribution in [-0.4, -0.2) is 55.1 Å². The van der Waals surface area contributed by atoms with Gasteiger partial charge in [0.2, 0.25) is 0 Å². The van der Waals surface area contributed by atoms with Crippen LogP contribution in [0.4, 0.5) is 5.82 Å². The number of carbonyl (C=O) groups is 1. The van der Waals surface area contributed by atoms with E-state index in [9.17, 15) is 4.79 Å². The van der Waals surface area contributed by atoms with Crippen LogP contribution < -0.4 is 15.4 Å². The fourth-order valence-corrected chi connectivity index (χ4v) is 2.06. The topological polar surface area (TPSA) is 79.4 Å². The third-order valence-corrected chi connectivity index (χ3v) is 3.38. The molecule has 0 fully saturated rings. The van der Waals surface area contributed by atoms with Gasteiger partial charge in [-0.05, 0) is 20.2 Å². The van der Waals surface area contributed by atoms with Crippen LogP contribution in [0.15, 0.2) is 36.7 Å². The molecule has 0 bridgehead atoms. The van der Waals surface area contributed by atoms with E-state index >= 15 is 0 Å². The first kappa shape index (κ1) is 17.7. The van der Waals surface area contributed by atoms with Crippen molar-refractivity contribution in [2.24, 2.45) is 0 Å². The molecular formula is C17H23N5O2. The number of nitrogens with zero attached hydrogens (tertiary/aromatic N) is 3. The molecule has 7 nitrogen and oxygen atoms in total. The number of likely N-dealkylation sites (N-methyl/N-ethyl adjacent to an activating group) is 1. The summed E-state index contributed by atoms with van der Waals surface area (Å²) in [6.45, 7) is 2.03. The molecule has 0 saturated heterocycles. The van der Waals surface area contributed by atoms with Gasteiger partial charge in [-0.15, -0.1) is 0 Å². The lowest BCUT2D eigenvalue weighted by atomic mass is 10.2. The van der Waals surface area contributed by atoms with E-state index in [0.717, 1.165) is 24.4 Å². The van der Waals surface area contributed by atoms with Crippen LogP contribution in [0.25, 0.3) is 0 Å². The maximum atomic E-state index is 12.2. The molecule has 1 aromatic heterocycles. The molecule has 0 unspecified atom stereocenters. The van der Waals surface area contributed by atoms with Crippen molar-refractivity contribution >= 4 is 11.7 Å². The summed E-state index contributed by atoms with van der Waals surface area (Å²) in [5, 5.41) is 5.97. The highest BCUT2D eigenvalue weighted by Crippen LogP contribution is 2.16. The molecule has 0 saturated carbocycles. The molecule has 0 aliphatic carbocycles. The Morgan fingerprint density at radius 1 is 1.21 bits per heavy atom. The number of benzene rings is 1. The van der Waals surface area contributed by atoms with Gasteiger partial charge in [0, 0.05) is 25.2 Å². The smallest absolute Gasteiger partial charge is 0.271 e. The normalized spacial score (nSPS) is 10.5. The molecule has 1 amide bonds. The third kappa shape index (κ3) is 5.20. The van der Waals surface area contributed by atoms with Gasteiger partial charge in [-0.2, -0.15) is 0 Å². The standard InChI is InChI=1S/C17H23N5O2/c1-22(2)9-8-18-16-12-19-14(11-20-16)17(23)21-10-13-6-4-5-7-15(13)24-3/h4-7,11-12H,8-10H2,1-3H3,(H,18,20)(H,21,23). The zero-order valence-corrected chi connectivity index (χ0v) is 14.2. The Balaban J connectivity index is 1.88. The van der Waals surface area contributed by atoms with Crippen molar-refractivity contribution in [1.29, 1.82) is 0 Å². The van der Waals surface area contributed by atoms with Gasteiger partial charge in [0.25, 0.3) is 5.91 Å². The molecule has 128 valence electrons. The number of hydrogen-bond acceptors (Lipinski definition) is 6. The van der Waals surface area contributed by atoms with Crippen molar-refractivity contribution in [2.75, 3.05) is 39.6 Å². The van der Waals surface area contributed by atoms with Gasteiger partial charge < -0.3 is 20.3 Å². The first-order valence-corrected chi connectivity index (χ1v) is 7.71. The van der Waals surface area contributed by atoms with Crippen molar-refractivity contribution in [3.05, 3.63) is 47.9 Å². The predicted molar refractivity (Wildman–Crippen MR) is 93.2 cm³/mol. The van der Waals surface area contributed by atoms with E-state index < -0.39 is 0 Å². The van der Waals surface area contributed by atoms with E-state index in [1.54, 1.807) is 13.3 Å². The van der Waals surface area contributed by atoms with Crippen LogP contribution >= 0.6 is 0 Å². The number of amides is 1. The van der Waals surface area contributed by atoms with Crippen LogP contribution in [0.1, 0.15) is 16.1 Å². The average molecular weight is 329 g/mol. The first-order chi connectivity index (χ1) is 11.6. The zero-order valence-electron chi connectivity index (χ0n) is 14.2. The second-order valence-corrected chi connectivity index (χ2v) is 5.51. The molecule has 2 aromatic rings. The molecule has 0 aliphatic rings. The zero-order chi connectivity index (χ0) is 17.4. The molecule has 0 radical (unpaired) electrons. The predicted octanol–water partition coefficient (Wildman–Crippen LogP) is 1.39. The van der Waals surface area contributed by atoms with E-state index in [1.165, 1.54) is 6.20 Å². The molecule has 0 atom stereocenters. The number of ether oxygens (including phenoxy) is 1. The number of aromatic nitrogens is 2. The Labute approximate surface area is 142 Å². The molecule has 2 rings (SSSR count). The number of nitrogens with one attached hydrogen (secondary N) is 2. The minimum absolute atomic E-state index is 0.270. The van der Waals surface area contributed by atoms with E-state index in [0.29, 0.717) is 12.4 Å². The molecule has 1 heterocycles. The largest absolute Gasteiger partial charge is 0.496 e. The number of rotatable bonds is 8. The lowest BCUT2D eigenvalue weighted by Crippen LogP contribution is -2.24. The number of carbonyl (C=O) groups excluding carboxylic acids is 1. The minimum atomic E-state index is -0.270. The monoisotopic (exact) mass is 329 g/mol. The van der Waals surface area contributed by atoms with Crippen LogP contribution in [0.5, 0.6) is 5.75 Å². The summed E-state index contributed by atoms with van der Waals surface area (Å²) >= 11 is 0. The van der Waals surface area contributed by atoms with Crippen LogP contribution in [-0.2, 0) is 6.54 Å². The number of hydrogen-bond donors (Lipinski definition) is 2. The Morgan fingerprint density at radius 3 is 2.67 bits per heavy atom. The summed E-state index contributed by atoms with van der Waals surface area (Å²) in [7, 11) is 5.61. The van der Waals surface area contributed by atoms with E-state index in [-0.39, 0.29) is 11.6 Å². The van der Waals surface area contributed by atoms with Crippen molar-refractivity contribution in [2.45, 2.75) is 6.54 Å². The van der Waals surface area contributed by atoms with Crippen molar-refractivity contribution in [1.82, 2.24) is 20.2 Å². The Bertz CT molecular complexity index is 658. The molecular weight excluding hydrogens is 306 g/mol. The van der Waals surface area contributed by atoms with Crippen molar-refractivity contribution in [3.63, 3.8) is 0 Å². The lowest BCUT2D eigenvalue weighted by Gasteiger charge is -2.11. The van der Waals surface area contributed by atoms with Gasteiger partial charge in [-0.1, -0.05) is 18.2 Å². The van der Waals surface area contributed by atoms with Crippen LogP contribution in [0, 0.1) is 0 Å².